The van der Waals surface area contributed by atoms with Crippen LogP contribution in [0.4, 0.5) is 0 Å². The van der Waals surface area contributed by atoms with Crippen molar-refractivity contribution in [1.82, 2.24) is 20.5 Å². The van der Waals surface area contributed by atoms with Crippen LogP contribution in [-0.4, -0.2) is 49.2 Å². The summed E-state index contributed by atoms with van der Waals surface area (Å²) in [6.45, 7) is 0. The molecule has 2 heterocycles. The fourth-order valence-corrected chi connectivity index (χ4v) is 2.80. The van der Waals surface area contributed by atoms with Gasteiger partial charge in [0.1, 0.15) is 11.9 Å². The number of nitrogens with one attached hydrogen (secondary N) is 2. The van der Waals surface area contributed by atoms with E-state index in [1.165, 1.54) is 18.1 Å². The third-order valence-electron chi connectivity index (χ3n) is 2.41. The summed E-state index contributed by atoms with van der Waals surface area (Å²) in [4.78, 5) is 26.5. The fourth-order valence-electron chi connectivity index (χ4n) is 1.48. The summed E-state index contributed by atoms with van der Waals surface area (Å²) >= 11 is 1.51. The van der Waals surface area contributed by atoms with Gasteiger partial charge in [-0.2, -0.15) is 16.9 Å². The number of carbonyl (C=O) groups excluding carboxylic acids is 1. The highest BCUT2D eigenvalue weighted by Gasteiger charge is 2.43. The minimum atomic E-state index is -1.17. The second kappa shape index (κ2) is 4.12. The van der Waals surface area contributed by atoms with Gasteiger partial charge in [0.05, 0.1) is 0 Å². The zero-order valence-corrected chi connectivity index (χ0v) is 9.08. The molecule has 1 aromatic rings. The number of aromatic nitrogens is 3. The zero-order valence-electron chi connectivity index (χ0n) is 8.27. The number of nitrogens with zero attached hydrogens (tertiary/aromatic N) is 2. The molecule has 1 atom stereocenters. The van der Waals surface area contributed by atoms with E-state index >= 15 is 0 Å². The molecule has 1 aliphatic heterocycles. The molecule has 1 amide bonds. The molecule has 0 aliphatic carbocycles. The number of carboxylic acid groups (broad SMARTS) is 1. The molecular formula is C8H10N4O3S. The van der Waals surface area contributed by atoms with Crippen molar-refractivity contribution in [3.63, 3.8) is 0 Å². The number of amides is 1. The predicted octanol–water partition coefficient (Wildman–Crippen LogP) is -0.505. The summed E-state index contributed by atoms with van der Waals surface area (Å²) in [5.74, 6) is -0.421. The number of H-pyrrole nitrogens is 1. The monoisotopic (exact) mass is 242 g/mol. The van der Waals surface area contributed by atoms with E-state index in [1.54, 1.807) is 0 Å². The zero-order chi connectivity index (χ0) is 11.6. The normalized spacial score (nSPS) is 24.2. The first kappa shape index (κ1) is 10.9. The maximum atomic E-state index is 11.7. The van der Waals surface area contributed by atoms with Gasteiger partial charge in [-0.3, -0.25) is 9.89 Å². The highest BCUT2D eigenvalue weighted by Crippen LogP contribution is 2.28. The van der Waals surface area contributed by atoms with E-state index in [2.05, 4.69) is 20.5 Å². The second-order valence-corrected chi connectivity index (χ2v) is 4.58. The number of hydrogen-bond donors (Lipinski definition) is 3. The van der Waals surface area contributed by atoms with E-state index in [4.69, 9.17) is 5.11 Å². The predicted molar refractivity (Wildman–Crippen MR) is 56.2 cm³/mol. The Bertz CT molecular complexity index is 399. The molecule has 1 aliphatic rings. The Morgan fingerprint density at radius 2 is 2.44 bits per heavy atom. The number of carboxylic acids is 1. The lowest BCUT2D eigenvalue weighted by molar-refractivity contribution is -0.143. The fraction of sp³-hybridized carbons (Fsp3) is 0.500. The molecule has 0 bridgehead atoms. The first-order valence-electron chi connectivity index (χ1n) is 4.63. The Hall–Kier alpha value is -1.57. The van der Waals surface area contributed by atoms with Crippen LogP contribution in [0.15, 0.2) is 6.33 Å². The molecule has 2 rings (SSSR count). The molecule has 0 aromatic carbocycles. The maximum Gasteiger partial charge on any atom is 0.330 e. The lowest BCUT2D eigenvalue weighted by atomic mass is 9.99. The average Bonchev–Trinajstić information content (AvgIpc) is 2.88. The number of carbonyl (C=O) groups is 2. The van der Waals surface area contributed by atoms with Gasteiger partial charge in [0.25, 0.3) is 5.91 Å². The quantitative estimate of drug-likeness (QED) is 0.659. The number of aromatic amines is 1. The number of aliphatic carboxylic acids is 1. The molecule has 1 unspecified atom stereocenters. The first-order valence-corrected chi connectivity index (χ1v) is 5.78. The Morgan fingerprint density at radius 1 is 1.62 bits per heavy atom. The number of rotatable bonds is 3. The van der Waals surface area contributed by atoms with Gasteiger partial charge in [0, 0.05) is 5.75 Å². The molecule has 0 spiro atoms. The molecule has 7 nitrogen and oxygen atoms in total. The Balaban J connectivity index is 2.13. The first-order chi connectivity index (χ1) is 7.64. The smallest absolute Gasteiger partial charge is 0.330 e. The van der Waals surface area contributed by atoms with E-state index in [9.17, 15) is 9.59 Å². The highest BCUT2D eigenvalue weighted by atomic mass is 32.2. The van der Waals surface area contributed by atoms with Gasteiger partial charge in [-0.05, 0) is 12.2 Å². The van der Waals surface area contributed by atoms with Gasteiger partial charge in [-0.25, -0.2) is 9.78 Å². The van der Waals surface area contributed by atoms with E-state index in [0.717, 1.165) is 5.75 Å². The van der Waals surface area contributed by atoms with Gasteiger partial charge in [0.2, 0.25) is 5.82 Å². The van der Waals surface area contributed by atoms with Gasteiger partial charge in [0.15, 0.2) is 0 Å². The largest absolute Gasteiger partial charge is 0.479 e. The van der Waals surface area contributed by atoms with Crippen molar-refractivity contribution in [3.8, 4) is 0 Å². The van der Waals surface area contributed by atoms with E-state index in [0.29, 0.717) is 12.2 Å². The van der Waals surface area contributed by atoms with Crippen molar-refractivity contribution in [2.45, 2.75) is 12.0 Å². The van der Waals surface area contributed by atoms with Crippen molar-refractivity contribution in [2.75, 3.05) is 11.5 Å². The van der Waals surface area contributed by atoms with Gasteiger partial charge < -0.3 is 10.4 Å². The van der Waals surface area contributed by atoms with E-state index in [1.807, 2.05) is 0 Å². The summed E-state index contributed by atoms with van der Waals surface area (Å²) in [5.41, 5.74) is -1.17. The average molecular weight is 242 g/mol. The van der Waals surface area contributed by atoms with Crippen LogP contribution in [0.3, 0.4) is 0 Å². The molecule has 1 aromatic heterocycles. The lowest BCUT2D eigenvalue weighted by Gasteiger charge is -2.23. The van der Waals surface area contributed by atoms with Crippen LogP contribution in [0.2, 0.25) is 0 Å². The van der Waals surface area contributed by atoms with Gasteiger partial charge in [-0.1, -0.05) is 0 Å². The Kier molecular flexibility index (Phi) is 2.82. The van der Waals surface area contributed by atoms with Gasteiger partial charge in [-0.15, -0.1) is 0 Å². The van der Waals surface area contributed by atoms with Crippen LogP contribution >= 0.6 is 11.8 Å². The Morgan fingerprint density at radius 3 is 2.94 bits per heavy atom. The van der Waals surface area contributed by atoms with Crippen LogP contribution in [0.1, 0.15) is 17.0 Å². The summed E-state index contributed by atoms with van der Waals surface area (Å²) in [5, 5.41) is 17.6. The maximum absolute atomic E-state index is 11.7. The molecule has 0 radical (unpaired) electrons. The summed E-state index contributed by atoms with van der Waals surface area (Å²) in [6.07, 6.45) is 1.62. The molecule has 1 saturated heterocycles. The minimum Gasteiger partial charge on any atom is -0.479 e. The van der Waals surface area contributed by atoms with Crippen LogP contribution < -0.4 is 5.32 Å². The van der Waals surface area contributed by atoms with Crippen molar-refractivity contribution in [2.24, 2.45) is 0 Å². The number of thioether (sulfide) groups is 1. The third-order valence-corrected chi connectivity index (χ3v) is 3.60. The van der Waals surface area contributed by atoms with Crippen LogP contribution in [0.25, 0.3) is 0 Å². The van der Waals surface area contributed by atoms with E-state index in [-0.39, 0.29) is 5.82 Å². The molecule has 3 N–H and O–H groups in total. The van der Waals surface area contributed by atoms with E-state index < -0.39 is 17.4 Å². The summed E-state index contributed by atoms with van der Waals surface area (Å²) in [6, 6.07) is 0. The lowest BCUT2D eigenvalue weighted by Crippen LogP contribution is -2.55. The molecule has 8 heteroatoms. The third kappa shape index (κ3) is 1.87. The standard InChI is InChI=1S/C8H10N4O3S/c13-6(5-9-4-10-12-5)11-8(7(14)15)1-2-16-3-8/h4H,1-3H2,(H,11,13)(H,14,15)(H,9,10,12). The highest BCUT2D eigenvalue weighted by molar-refractivity contribution is 7.99. The van der Waals surface area contributed by atoms with Crippen LogP contribution in [0, 0.1) is 0 Å². The Labute approximate surface area is 95.0 Å². The van der Waals surface area contributed by atoms with Crippen molar-refractivity contribution in [3.05, 3.63) is 12.2 Å². The molecule has 16 heavy (non-hydrogen) atoms. The number of hydrogen-bond acceptors (Lipinski definition) is 5. The van der Waals surface area contributed by atoms with Crippen LogP contribution in [0.5, 0.6) is 0 Å². The SMILES string of the molecule is O=C(NC1(C(=O)O)CCSC1)c1ncn[nH]1. The molecule has 86 valence electrons. The molecular weight excluding hydrogens is 232 g/mol. The molecule has 1 fully saturated rings. The minimum absolute atomic E-state index is 0.0255. The van der Waals surface area contributed by atoms with Crippen molar-refractivity contribution < 1.29 is 14.7 Å². The van der Waals surface area contributed by atoms with Crippen molar-refractivity contribution >= 4 is 23.6 Å². The molecule has 0 saturated carbocycles. The topological polar surface area (TPSA) is 108 Å². The van der Waals surface area contributed by atoms with Crippen molar-refractivity contribution in [1.29, 1.82) is 0 Å². The van der Waals surface area contributed by atoms with Gasteiger partial charge >= 0.3 is 5.97 Å². The second-order valence-electron chi connectivity index (χ2n) is 3.48. The van der Waals surface area contributed by atoms with Crippen LogP contribution in [-0.2, 0) is 4.79 Å². The summed E-state index contributed by atoms with van der Waals surface area (Å²) in [7, 11) is 0. The summed E-state index contributed by atoms with van der Waals surface area (Å²) < 4.78 is 0.